The van der Waals surface area contributed by atoms with Gasteiger partial charge < -0.3 is 24.7 Å². The molecule has 3 rings (SSSR count). The smallest absolute Gasteiger partial charge is 0.324 e. The number of nitriles is 4. The Labute approximate surface area is 320 Å². The number of nitrogens with zero attached hydrogens (tertiary/aromatic N) is 4. The number of amides is 1. The highest BCUT2D eigenvalue weighted by Crippen LogP contribution is 2.45. The van der Waals surface area contributed by atoms with Crippen molar-refractivity contribution in [3.05, 3.63) is 0 Å². The van der Waals surface area contributed by atoms with E-state index in [0.29, 0.717) is 45.1 Å². The summed E-state index contributed by atoms with van der Waals surface area (Å²) in [6.45, 7) is 7.84. The summed E-state index contributed by atoms with van der Waals surface area (Å²) in [6, 6.07) is 8.55. The van der Waals surface area contributed by atoms with Crippen molar-refractivity contribution < 1.29 is 38.1 Å². The number of primary amides is 1. The second kappa shape index (κ2) is 24.8. The van der Waals surface area contributed by atoms with Crippen molar-refractivity contribution in [3.63, 3.8) is 0 Å². The maximum atomic E-state index is 12.1. The minimum atomic E-state index is -1.13. The van der Waals surface area contributed by atoms with Crippen LogP contribution >= 0.6 is 12.4 Å². The predicted molar refractivity (Wildman–Crippen MR) is 195 cm³/mol. The van der Waals surface area contributed by atoms with Crippen LogP contribution in [0.15, 0.2) is 0 Å². The van der Waals surface area contributed by atoms with Crippen molar-refractivity contribution in [1.82, 2.24) is 0 Å². The van der Waals surface area contributed by atoms with Crippen molar-refractivity contribution in [2.24, 2.45) is 39.7 Å². The molecular weight excluding hydrogens is 704 g/mol. The van der Waals surface area contributed by atoms with Gasteiger partial charge in [0.25, 0.3) is 0 Å². The third kappa shape index (κ3) is 13.2. The van der Waals surface area contributed by atoms with Gasteiger partial charge >= 0.3 is 17.9 Å². The molecule has 3 aliphatic carbocycles. The molecule has 0 spiro atoms. The first-order chi connectivity index (χ1) is 24.9. The number of halogens is 1. The fourth-order valence-corrected chi connectivity index (χ4v) is 7.46. The Bertz CT molecular complexity index is 1360. The lowest BCUT2D eigenvalue weighted by atomic mass is 9.66. The van der Waals surface area contributed by atoms with Gasteiger partial charge in [0.05, 0.1) is 66.9 Å². The minimum Gasteiger partial charge on any atom is -0.481 e. The molecule has 0 bridgehead atoms. The number of hydrogen-bond donors (Lipinski definition) is 2. The first kappa shape index (κ1) is 48.6. The summed E-state index contributed by atoms with van der Waals surface area (Å²) < 4.78 is 19.9. The molecular formula is C38H57ClN6O8. The van der Waals surface area contributed by atoms with E-state index in [9.17, 15) is 35.0 Å². The number of esters is 3. The van der Waals surface area contributed by atoms with E-state index >= 15 is 0 Å². The van der Waals surface area contributed by atoms with Gasteiger partial charge in [-0.05, 0) is 66.2 Å². The van der Waals surface area contributed by atoms with Crippen LogP contribution in [0.5, 0.6) is 0 Å². The summed E-state index contributed by atoms with van der Waals surface area (Å²) >= 11 is 0. The van der Waals surface area contributed by atoms with E-state index in [0.717, 1.165) is 57.8 Å². The molecule has 0 radical (unpaired) electrons. The summed E-state index contributed by atoms with van der Waals surface area (Å²) in [5, 5.41) is 45.1. The molecule has 53 heavy (non-hydrogen) atoms. The zero-order valence-electron chi connectivity index (χ0n) is 31.7. The minimum absolute atomic E-state index is 0. The standard InChI is InChI=1S/C14H22N2O3.C12H18N2O3.C12H16N2O2.ClH/c1-3-18-12(16)11(13(17)19-4-2)14(10-15)8-6-5-7-9-14;1-2-17-11(16)9(10(14)15)12(8-13)6-4-3-5-7-12;1-2-16-11(15)10(8-13)12(9-14)6-4-3-5-7-12;/h11,16H,3-9H2,1-2H3;9H,2-7H2,1H3,(H2,14,15);10H,2-7H2,1H3;1H. The molecule has 0 heterocycles. The molecule has 0 aromatic rings. The predicted octanol–water partition coefficient (Wildman–Crippen LogP) is 6.36. The summed E-state index contributed by atoms with van der Waals surface area (Å²) in [5.74, 6) is -5.57. The van der Waals surface area contributed by atoms with Crippen LogP contribution in [0.2, 0.25) is 0 Å². The molecule has 0 saturated heterocycles. The fourth-order valence-electron chi connectivity index (χ4n) is 7.46. The van der Waals surface area contributed by atoms with Crippen LogP contribution in [-0.2, 0) is 38.1 Å². The van der Waals surface area contributed by atoms with Gasteiger partial charge in [-0.3, -0.25) is 24.6 Å². The van der Waals surface area contributed by atoms with E-state index in [1.54, 1.807) is 27.7 Å². The monoisotopic (exact) mass is 760 g/mol. The first-order valence-corrected chi connectivity index (χ1v) is 18.5. The van der Waals surface area contributed by atoms with E-state index in [-0.39, 0.29) is 38.1 Å². The summed E-state index contributed by atoms with van der Waals surface area (Å²) in [6.07, 6.45) is 12.1. The van der Waals surface area contributed by atoms with Gasteiger partial charge in [0.1, 0.15) is 0 Å². The lowest BCUT2D eigenvalue weighted by Gasteiger charge is -2.36. The molecule has 0 aliphatic heterocycles. The number of carbonyl (C=O) groups is 4. The zero-order valence-corrected chi connectivity index (χ0v) is 32.5. The van der Waals surface area contributed by atoms with Gasteiger partial charge in [0.2, 0.25) is 5.91 Å². The topological polar surface area (TPSA) is 250 Å². The van der Waals surface area contributed by atoms with E-state index in [1.807, 2.05) is 6.07 Å². The third-order valence-electron chi connectivity index (χ3n) is 10.1. The summed E-state index contributed by atoms with van der Waals surface area (Å²) in [5.41, 5.74) is 2.65. The Hall–Kier alpha value is -4.40. The van der Waals surface area contributed by atoms with Gasteiger partial charge in [0, 0.05) is 0 Å². The third-order valence-corrected chi connectivity index (χ3v) is 10.1. The van der Waals surface area contributed by atoms with E-state index in [4.69, 9.17) is 35.4 Å². The van der Waals surface area contributed by atoms with E-state index in [1.165, 1.54) is 0 Å². The highest BCUT2D eigenvalue weighted by atomic mass is 35.5. The molecule has 0 aromatic heterocycles. The molecule has 3 atom stereocenters. The molecule has 3 unspecified atom stereocenters. The number of hydrogen-bond acceptors (Lipinski definition) is 13. The van der Waals surface area contributed by atoms with Crippen molar-refractivity contribution in [3.8, 4) is 24.3 Å². The van der Waals surface area contributed by atoms with Gasteiger partial charge in [-0.1, -0.05) is 57.8 Å². The Balaban J connectivity index is 0.000000761. The normalized spacial score (nSPS) is 19.3. The van der Waals surface area contributed by atoms with Crippen molar-refractivity contribution in [2.45, 2.75) is 124 Å². The number of nitrogens with two attached hydrogens (primary N) is 1. The number of nitrogens with one attached hydrogen (secondary N) is 1. The number of rotatable bonds is 12. The SMILES string of the molecule is CCOC(=N)C(C(=O)OCC)C1(C#N)CCCCC1.CCOC(=O)C(C#N)C1(C#N)CCCCC1.CCOC(=O)C(C(N)=O)C1(C#N)CCCCC1.Cl. The Kier molecular flexibility index (Phi) is 22.7. The van der Waals surface area contributed by atoms with Crippen LogP contribution in [0.4, 0.5) is 0 Å². The quantitative estimate of drug-likeness (QED) is 0.0724. The number of ether oxygens (including phenoxy) is 4. The van der Waals surface area contributed by atoms with Crippen LogP contribution in [-0.4, -0.2) is 56.1 Å². The summed E-state index contributed by atoms with van der Waals surface area (Å²) in [7, 11) is 0. The highest BCUT2D eigenvalue weighted by Gasteiger charge is 2.50. The van der Waals surface area contributed by atoms with Gasteiger partial charge in [0.15, 0.2) is 23.7 Å². The zero-order chi connectivity index (χ0) is 39.2. The van der Waals surface area contributed by atoms with E-state index < -0.39 is 57.8 Å². The lowest BCUT2D eigenvalue weighted by Crippen LogP contribution is -2.45. The van der Waals surface area contributed by atoms with Gasteiger partial charge in [-0.15, -0.1) is 12.4 Å². The van der Waals surface area contributed by atoms with Crippen LogP contribution in [0.25, 0.3) is 0 Å². The summed E-state index contributed by atoms with van der Waals surface area (Å²) in [4.78, 5) is 47.0. The molecule has 15 heteroatoms. The molecule has 3 N–H and O–H groups in total. The second-order valence-electron chi connectivity index (χ2n) is 13.4. The average Bonchev–Trinajstić information content (AvgIpc) is 3.14. The van der Waals surface area contributed by atoms with Crippen molar-refractivity contribution in [1.29, 1.82) is 26.5 Å². The maximum Gasteiger partial charge on any atom is 0.324 e. The average molecular weight is 761 g/mol. The largest absolute Gasteiger partial charge is 0.481 e. The van der Waals surface area contributed by atoms with Crippen LogP contribution < -0.4 is 5.73 Å². The van der Waals surface area contributed by atoms with Crippen molar-refractivity contribution >= 4 is 42.1 Å². The second-order valence-corrected chi connectivity index (χ2v) is 13.4. The Morgan fingerprint density at radius 1 is 0.566 bits per heavy atom. The molecule has 3 saturated carbocycles. The molecule has 1 amide bonds. The Morgan fingerprint density at radius 3 is 1.21 bits per heavy atom. The Morgan fingerprint density at radius 2 is 0.887 bits per heavy atom. The fraction of sp³-hybridized carbons (Fsp3) is 0.763. The van der Waals surface area contributed by atoms with Crippen LogP contribution in [0.1, 0.15) is 124 Å². The first-order valence-electron chi connectivity index (χ1n) is 18.5. The van der Waals surface area contributed by atoms with Crippen LogP contribution in [0.3, 0.4) is 0 Å². The van der Waals surface area contributed by atoms with Crippen LogP contribution in [0, 0.1) is 84.7 Å². The lowest BCUT2D eigenvalue weighted by molar-refractivity contribution is -0.156. The van der Waals surface area contributed by atoms with Crippen molar-refractivity contribution in [2.75, 3.05) is 26.4 Å². The maximum absolute atomic E-state index is 12.1. The molecule has 3 aliphatic rings. The highest BCUT2D eigenvalue weighted by molar-refractivity contribution is 5.98. The molecule has 3 fully saturated rings. The van der Waals surface area contributed by atoms with E-state index in [2.05, 4.69) is 18.2 Å². The van der Waals surface area contributed by atoms with Gasteiger partial charge in [-0.25, -0.2) is 0 Å². The molecule has 0 aromatic carbocycles. The molecule has 294 valence electrons. The number of carbonyl (C=O) groups excluding carboxylic acids is 4. The van der Waals surface area contributed by atoms with Gasteiger partial charge in [-0.2, -0.15) is 21.0 Å². The molecule has 14 nitrogen and oxygen atoms in total.